The second-order valence-corrected chi connectivity index (χ2v) is 4.25. The van der Waals surface area contributed by atoms with Crippen LogP contribution in [0.1, 0.15) is 5.56 Å². The summed E-state index contributed by atoms with van der Waals surface area (Å²) < 4.78 is 9.98. The van der Waals surface area contributed by atoms with Gasteiger partial charge in [0.15, 0.2) is 0 Å². The number of methoxy groups -OCH3 is 1. The zero-order chi connectivity index (χ0) is 14.2. The standard InChI is InChI=1S/C16H17NO3/c1-19-12-20-11-16(17-18)15-9-7-14(8-10-15)13-5-3-2-4-6-13/h2-10,18H,11-12H2,1H3/b17-16+. The Kier molecular flexibility index (Phi) is 5.29. The highest BCUT2D eigenvalue weighted by molar-refractivity contribution is 6.01. The van der Waals surface area contributed by atoms with Gasteiger partial charge in [-0.2, -0.15) is 0 Å². The van der Waals surface area contributed by atoms with Gasteiger partial charge in [-0.3, -0.25) is 0 Å². The maximum Gasteiger partial charge on any atom is 0.146 e. The van der Waals surface area contributed by atoms with Crippen LogP contribution >= 0.6 is 0 Å². The first kappa shape index (κ1) is 14.2. The average molecular weight is 271 g/mol. The zero-order valence-corrected chi connectivity index (χ0v) is 11.3. The Morgan fingerprint density at radius 1 is 1.00 bits per heavy atom. The van der Waals surface area contributed by atoms with E-state index >= 15 is 0 Å². The Labute approximate surface area is 118 Å². The van der Waals surface area contributed by atoms with Crippen molar-refractivity contribution < 1.29 is 14.7 Å². The molecule has 1 N–H and O–H groups in total. The first-order valence-electron chi connectivity index (χ1n) is 6.28. The maximum absolute atomic E-state index is 9.03. The van der Waals surface area contributed by atoms with Crippen LogP contribution in [0.25, 0.3) is 11.1 Å². The lowest BCUT2D eigenvalue weighted by Gasteiger charge is -2.07. The number of ether oxygens (including phenoxy) is 2. The molecule has 0 radical (unpaired) electrons. The predicted octanol–water partition coefficient (Wildman–Crippen LogP) is 3.15. The van der Waals surface area contributed by atoms with Crippen LogP contribution in [0.15, 0.2) is 59.8 Å². The Morgan fingerprint density at radius 2 is 1.65 bits per heavy atom. The second-order valence-electron chi connectivity index (χ2n) is 4.25. The van der Waals surface area contributed by atoms with Gasteiger partial charge < -0.3 is 14.7 Å². The molecule has 4 nitrogen and oxygen atoms in total. The van der Waals surface area contributed by atoms with Crippen molar-refractivity contribution >= 4 is 5.71 Å². The van der Waals surface area contributed by atoms with Crippen LogP contribution in [-0.4, -0.2) is 31.4 Å². The molecule has 2 aromatic rings. The molecule has 4 heteroatoms. The van der Waals surface area contributed by atoms with E-state index in [1.54, 1.807) is 7.11 Å². The van der Waals surface area contributed by atoms with Gasteiger partial charge in [-0.25, -0.2) is 0 Å². The summed E-state index contributed by atoms with van der Waals surface area (Å²) in [5, 5.41) is 12.3. The number of rotatable bonds is 6. The molecular weight excluding hydrogens is 254 g/mol. The number of hydrogen-bond donors (Lipinski definition) is 1. The molecule has 0 heterocycles. The number of oxime groups is 1. The molecule has 2 rings (SSSR count). The molecule has 0 bridgehead atoms. The molecule has 2 aromatic carbocycles. The van der Waals surface area contributed by atoms with Crippen LogP contribution in [0.2, 0.25) is 0 Å². The average Bonchev–Trinajstić information content (AvgIpc) is 2.53. The molecule has 0 aliphatic carbocycles. The highest BCUT2D eigenvalue weighted by Gasteiger charge is 2.05. The highest BCUT2D eigenvalue weighted by Crippen LogP contribution is 2.19. The van der Waals surface area contributed by atoms with Gasteiger partial charge in [0, 0.05) is 12.7 Å². The molecule has 20 heavy (non-hydrogen) atoms. The molecular formula is C16H17NO3. The van der Waals surface area contributed by atoms with Crippen molar-refractivity contribution in [2.75, 3.05) is 20.5 Å². The molecule has 0 spiro atoms. The van der Waals surface area contributed by atoms with Crippen LogP contribution in [-0.2, 0) is 9.47 Å². The topological polar surface area (TPSA) is 51.0 Å². The summed E-state index contributed by atoms with van der Waals surface area (Å²) in [4.78, 5) is 0. The van der Waals surface area contributed by atoms with E-state index in [2.05, 4.69) is 17.3 Å². The predicted molar refractivity (Wildman–Crippen MR) is 78.0 cm³/mol. The molecule has 0 saturated heterocycles. The summed E-state index contributed by atoms with van der Waals surface area (Å²) in [5.74, 6) is 0. The van der Waals surface area contributed by atoms with E-state index in [4.69, 9.17) is 14.7 Å². The number of benzene rings is 2. The molecule has 0 aromatic heterocycles. The fourth-order valence-corrected chi connectivity index (χ4v) is 1.88. The van der Waals surface area contributed by atoms with Crippen molar-refractivity contribution in [2.24, 2.45) is 5.16 Å². The molecule has 0 aliphatic rings. The fourth-order valence-electron chi connectivity index (χ4n) is 1.88. The van der Waals surface area contributed by atoms with Crippen molar-refractivity contribution in [2.45, 2.75) is 0 Å². The van der Waals surface area contributed by atoms with Crippen LogP contribution in [0, 0.1) is 0 Å². The summed E-state index contributed by atoms with van der Waals surface area (Å²) >= 11 is 0. The third-order valence-electron chi connectivity index (χ3n) is 2.89. The minimum absolute atomic E-state index is 0.168. The van der Waals surface area contributed by atoms with Gasteiger partial charge in [-0.1, -0.05) is 59.8 Å². The van der Waals surface area contributed by atoms with E-state index in [0.717, 1.165) is 16.7 Å². The third-order valence-corrected chi connectivity index (χ3v) is 2.89. The highest BCUT2D eigenvalue weighted by atomic mass is 16.7. The first-order chi connectivity index (χ1) is 9.85. The Balaban J connectivity index is 2.11. The van der Waals surface area contributed by atoms with Crippen molar-refractivity contribution in [3.05, 3.63) is 60.2 Å². The van der Waals surface area contributed by atoms with Gasteiger partial charge in [0.1, 0.15) is 12.5 Å². The maximum atomic E-state index is 9.03. The monoisotopic (exact) mass is 271 g/mol. The van der Waals surface area contributed by atoms with Crippen LogP contribution in [0.3, 0.4) is 0 Å². The Bertz CT molecular complexity index is 550. The van der Waals surface area contributed by atoms with E-state index in [-0.39, 0.29) is 13.4 Å². The number of nitrogens with zero attached hydrogens (tertiary/aromatic N) is 1. The molecule has 0 amide bonds. The van der Waals surface area contributed by atoms with E-state index in [9.17, 15) is 0 Å². The lowest BCUT2D eigenvalue weighted by Crippen LogP contribution is -2.12. The Morgan fingerprint density at radius 3 is 2.25 bits per heavy atom. The second kappa shape index (κ2) is 7.43. The van der Waals surface area contributed by atoms with Crippen molar-refractivity contribution in [1.82, 2.24) is 0 Å². The van der Waals surface area contributed by atoms with E-state index in [0.29, 0.717) is 5.71 Å². The molecule has 0 atom stereocenters. The van der Waals surface area contributed by atoms with Crippen LogP contribution in [0.5, 0.6) is 0 Å². The van der Waals surface area contributed by atoms with E-state index in [1.807, 2.05) is 42.5 Å². The van der Waals surface area contributed by atoms with Gasteiger partial charge in [0.05, 0.1) is 6.61 Å². The summed E-state index contributed by atoms with van der Waals surface area (Å²) in [7, 11) is 1.55. The molecule has 0 aliphatic heterocycles. The van der Waals surface area contributed by atoms with Gasteiger partial charge in [0.2, 0.25) is 0 Å². The number of hydrogen-bond acceptors (Lipinski definition) is 4. The van der Waals surface area contributed by atoms with E-state index < -0.39 is 0 Å². The molecule has 0 saturated carbocycles. The lowest BCUT2D eigenvalue weighted by molar-refractivity contribution is -0.0148. The molecule has 0 fully saturated rings. The lowest BCUT2D eigenvalue weighted by atomic mass is 10.0. The van der Waals surface area contributed by atoms with Gasteiger partial charge in [-0.15, -0.1) is 0 Å². The zero-order valence-electron chi connectivity index (χ0n) is 11.3. The van der Waals surface area contributed by atoms with Gasteiger partial charge >= 0.3 is 0 Å². The van der Waals surface area contributed by atoms with Crippen molar-refractivity contribution in [3.8, 4) is 11.1 Å². The quantitative estimate of drug-likeness (QED) is 0.289. The van der Waals surface area contributed by atoms with Crippen molar-refractivity contribution in [3.63, 3.8) is 0 Å². The summed E-state index contributed by atoms with van der Waals surface area (Å²) in [6.07, 6.45) is 0. The minimum atomic E-state index is 0.168. The largest absolute Gasteiger partial charge is 0.411 e. The summed E-state index contributed by atoms with van der Waals surface area (Å²) in [6.45, 7) is 0.371. The third kappa shape index (κ3) is 3.66. The van der Waals surface area contributed by atoms with Crippen LogP contribution in [0.4, 0.5) is 0 Å². The molecule has 104 valence electrons. The summed E-state index contributed by atoms with van der Waals surface area (Å²) in [6, 6.07) is 17.9. The first-order valence-corrected chi connectivity index (χ1v) is 6.28. The SMILES string of the molecule is COCOC/C(=N\O)c1ccc(-c2ccccc2)cc1. The fraction of sp³-hybridized carbons (Fsp3) is 0.188. The summed E-state index contributed by atoms with van der Waals surface area (Å²) in [5.41, 5.74) is 3.56. The van der Waals surface area contributed by atoms with Crippen molar-refractivity contribution in [1.29, 1.82) is 0 Å². The minimum Gasteiger partial charge on any atom is -0.411 e. The van der Waals surface area contributed by atoms with Gasteiger partial charge in [-0.05, 0) is 11.1 Å². The van der Waals surface area contributed by atoms with E-state index in [1.165, 1.54) is 0 Å². The Hall–Kier alpha value is -2.17. The van der Waals surface area contributed by atoms with Crippen LogP contribution < -0.4 is 0 Å². The molecule has 0 unspecified atom stereocenters. The smallest absolute Gasteiger partial charge is 0.146 e. The van der Waals surface area contributed by atoms with Gasteiger partial charge in [0.25, 0.3) is 0 Å². The normalized spacial score (nSPS) is 11.6.